The van der Waals surface area contributed by atoms with Crippen molar-refractivity contribution >= 4 is 0 Å². The van der Waals surface area contributed by atoms with E-state index in [1.807, 2.05) is 11.5 Å². The zero-order valence-corrected chi connectivity index (χ0v) is 8.80. The molecule has 2 heterocycles. The fourth-order valence-corrected chi connectivity index (χ4v) is 1.59. The van der Waals surface area contributed by atoms with Crippen molar-refractivity contribution in [2.45, 2.75) is 26.5 Å². The summed E-state index contributed by atoms with van der Waals surface area (Å²) in [5, 5.41) is 9.01. The number of nitrogens with zero attached hydrogens (tertiary/aromatic N) is 2. The number of ether oxygens (including phenoxy) is 1. The lowest BCUT2D eigenvalue weighted by molar-refractivity contribution is 0.110. The zero-order chi connectivity index (χ0) is 11.0. The first-order chi connectivity index (χ1) is 7.11. The summed E-state index contributed by atoms with van der Waals surface area (Å²) in [5.74, 6) is 0.0436. The molecule has 82 valence electrons. The molecule has 5 heteroatoms. The van der Waals surface area contributed by atoms with E-state index < -0.39 is 0 Å². The van der Waals surface area contributed by atoms with Crippen molar-refractivity contribution in [2.75, 3.05) is 6.61 Å². The van der Waals surface area contributed by atoms with Crippen LogP contribution in [0.15, 0.2) is 11.0 Å². The maximum Gasteiger partial charge on any atom is 0.300 e. The molecule has 1 aliphatic heterocycles. The molecule has 0 saturated carbocycles. The van der Waals surface area contributed by atoms with Crippen molar-refractivity contribution < 1.29 is 9.84 Å². The van der Waals surface area contributed by atoms with E-state index in [4.69, 9.17) is 9.84 Å². The lowest BCUT2D eigenvalue weighted by Gasteiger charge is -2.14. The van der Waals surface area contributed by atoms with E-state index in [-0.39, 0.29) is 24.2 Å². The van der Waals surface area contributed by atoms with Crippen LogP contribution in [0, 0.1) is 12.8 Å². The van der Waals surface area contributed by atoms with Crippen molar-refractivity contribution in [3.05, 3.63) is 22.1 Å². The highest BCUT2D eigenvalue weighted by Crippen LogP contribution is 2.22. The van der Waals surface area contributed by atoms with Gasteiger partial charge in [-0.1, -0.05) is 6.92 Å². The maximum absolute atomic E-state index is 11.3. The summed E-state index contributed by atoms with van der Waals surface area (Å²) in [6.45, 7) is 4.35. The van der Waals surface area contributed by atoms with Crippen LogP contribution in [0.25, 0.3) is 0 Å². The van der Waals surface area contributed by atoms with Gasteiger partial charge in [0.15, 0.2) is 0 Å². The molecule has 0 radical (unpaired) electrons. The monoisotopic (exact) mass is 210 g/mol. The van der Waals surface area contributed by atoms with Gasteiger partial charge in [-0.05, 0) is 6.92 Å². The summed E-state index contributed by atoms with van der Waals surface area (Å²) in [6, 6.07) is 0.357. The van der Waals surface area contributed by atoms with E-state index in [1.165, 1.54) is 0 Å². The van der Waals surface area contributed by atoms with Crippen molar-refractivity contribution in [3.8, 4) is 6.01 Å². The molecule has 15 heavy (non-hydrogen) atoms. The normalized spacial score (nSPS) is 20.9. The molecular weight excluding hydrogens is 196 g/mol. The molecule has 0 spiro atoms. The summed E-state index contributed by atoms with van der Waals surface area (Å²) < 4.78 is 7.30. The Morgan fingerprint density at radius 2 is 2.53 bits per heavy atom. The van der Waals surface area contributed by atoms with Gasteiger partial charge in [-0.15, -0.1) is 0 Å². The summed E-state index contributed by atoms with van der Waals surface area (Å²) in [6.07, 6.45) is 1.65. The number of fused-ring (bicyclic) bond motifs is 1. The molecule has 0 bridgehead atoms. The fraction of sp³-hybridized carbons (Fsp3) is 0.600. The van der Waals surface area contributed by atoms with Gasteiger partial charge in [0.25, 0.3) is 11.6 Å². The van der Waals surface area contributed by atoms with Gasteiger partial charge < -0.3 is 9.84 Å². The minimum absolute atomic E-state index is 0.0436. The maximum atomic E-state index is 11.3. The van der Waals surface area contributed by atoms with E-state index in [0.29, 0.717) is 18.1 Å². The quantitative estimate of drug-likeness (QED) is 0.742. The summed E-state index contributed by atoms with van der Waals surface area (Å²) in [4.78, 5) is 15.1. The molecule has 0 aromatic carbocycles. The lowest BCUT2D eigenvalue weighted by Crippen LogP contribution is -2.26. The molecule has 1 aromatic rings. The Kier molecular flexibility index (Phi) is 2.48. The molecule has 0 fully saturated rings. The van der Waals surface area contributed by atoms with E-state index >= 15 is 0 Å². The number of hydrogen-bond donors (Lipinski definition) is 1. The molecule has 2 unspecified atom stereocenters. The van der Waals surface area contributed by atoms with Gasteiger partial charge in [0.2, 0.25) is 0 Å². The summed E-state index contributed by atoms with van der Waals surface area (Å²) in [7, 11) is 0. The first kappa shape index (κ1) is 10.2. The molecule has 1 aliphatic rings. The largest absolute Gasteiger partial charge is 0.459 e. The van der Waals surface area contributed by atoms with Crippen LogP contribution < -0.4 is 10.3 Å². The van der Waals surface area contributed by atoms with Gasteiger partial charge in [0.05, 0.1) is 6.54 Å². The molecule has 0 saturated heterocycles. The highest BCUT2D eigenvalue weighted by molar-refractivity contribution is 5.11. The highest BCUT2D eigenvalue weighted by Gasteiger charge is 2.28. The first-order valence-electron chi connectivity index (χ1n) is 4.97. The average Bonchev–Trinajstić information content (AvgIpc) is 2.60. The van der Waals surface area contributed by atoms with Crippen LogP contribution in [0.4, 0.5) is 0 Å². The van der Waals surface area contributed by atoms with Crippen LogP contribution in [-0.2, 0) is 6.54 Å². The molecule has 5 nitrogen and oxygen atoms in total. The van der Waals surface area contributed by atoms with Crippen LogP contribution in [0.3, 0.4) is 0 Å². The zero-order valence-electron chi connectivity index (χ0n) is 8.80. The molecule has 0 amide bonds. The SMILES string of the molecule is Cc1cn2c(nc1=O)OC(C(C)CO)C2. The van der Waals surface area contributed by atoms with Gasteiger partial charge >= 0.3 is 0 Å². The van der Waals surface area contributed by atoms with Crippen molar-refractivity contribution in [3.63, 3.8) is 0 Å². The molecular formula is C10H14N2O3. The predicted molar refractivity (Wildman–Crippen MR) is 53.9 cm³/mol. The first-order valence-corrected chi connectivity index (χ1v) is 4.97. The number of rotatable bonds is 2. The van der Waals surface area contributed by atoms with Crippen molar-refractivity contribution in [2.24, 2.45) is 5.92 Å². The number of aromatic nitrogens is 2. The van der Waals surface area contributed by atoms with Crippen molar-refractivity contribution in [1.82, 2.24) is 9.55 Å². The molecule has 1 N–H and O–H groups in total. The average molecular weight is 210 g/mol. The standard InChI is InChI=1S/C10H14N2O3/c1-6-3-12-4-8(7(2)5-13)15-10(12)11-9(6)14/h3,7-8,13H,4-5H2,1-2H3. The Hall–Kier alpha value is -1.36. The van der Waals surface area contributed by atoms with Crippen molar-refractivity contribution in [1.29, 1.82) is 0 Å². The molecule has 0 aliphatic carbocycles. The Balaban J connectivity index is 2.28. The number of hydrogen-bond acceptors (Lipinski definition) is 4. The van der Waals surface area contributed by atoms with Crippen LogP contribution in [0.2, 0.25) is 0 Å². The van der Waals surface area contributed by atoms with Gasteiger partial charge in [-0.2, -0.15) is 4.98 Å². The van der Waals surface area contributed by atoms with Crippen LogP contribution in [-0.4, -0.2) is 27.4 Å². The van der Waals surface area contributed by atoms with Gasteiger partial charge in [-0.3, -0.25) is 9.36 Å². The lowest BCUT2D eigenvalue weighted by atomic mass is 10.1. The van der Waals surface area contributed by atoms with Crippen LogP contribution >= 0.6 is 0 Å². The third-order valence-electron chi connectivity index (χ3n) is 2.69. The summed E-state index contributed by atoms with van der Waals surface area (Å²) in [5.41, 5.74) is 0.359. The predicted octanol–water partition coefficient (Wildman–Crippen LogP) is -0.0589. The van der Waals surface area contributed by atoms with Gasteiger partial charge in [-0.25, -0.2) is 0 Å². The summed E-state index contributed by atoms with van der Waals surface area (Å²) >= 11 is 0. The molecule has 2 rings (SSSR count). The Morgan fingerprint density at radius 3 is 3.20 bits per heavy atom. The number of aliphatic hydroxyl groups excluding tert-OH is 1. The Morgan fingerprint density at radius 1 is 1.80 bits per heavy atom. The van der Waals surface area contributed by atoms with Crippen LogP contribution in [0.1, 0.15) is 12.5 Å². The second kappa shape index (κ2) is 3.66. The number of aryl methyl sites for hydroxylation is 1. The highest BCUT2D eigenvalue weighted by atomic mass is 16.5. The van der Waals surface area contributed by atoms with Gasteiger partial charge in [0.1, 0.15) is 6.10 Å². The Labute approximate surface area is 87.3 Å². The number of aliphatic hydroxyl groups is 1. The van der Waals surface area contributed by atoms with E-state index in [0.717, 1.165) is 0 Å². The van der Waals surface area contributed by atoms with E-state index in [1.54, 1.807) is 13.1 Å². The van der Waals surface area contributed by atoms with E-state index in [2.05, 4.69) is 4.98 Å². The molecule has 1 aromatic heterocycles. The van der Waals surface area contributed by atoms with Gasteiger partial charge in [0, 0.05) is 24.3 Å². The second-order valence-electron chi connectivity index (χ2n) is 3.98. The molecule has 2 atom stereocenters. The Bertz CT molecular complexity index is 427. The van der Waals surface area contributed by atoms with Crippen LogP contribution in [0.5, 0.6) is 6.01 Å². The minimum Gasteiger partial charge on any atom is -0.459 e. The second-order valence-corrected chi connectivity index (χ2v) is 3.98. The minimum atomic E-state index is -0.251. The third-order valence-corrected chi connectivity index (χ3v) is 2.69. The third kappa shape index (κ3) is 1.74. The fourth-order valence-electron chi connectivity index (χ4n) is 1.59. The topological polar surface area (TPSA) is 64.4 Å². The smallest absolute Gasteiger partial charge is 0.300 e. The van der Waals surface area contributed by atoms with E-state index in [9.17, 15) is 4.79 Å².